The Kier molecular flexibility index (Phi) is 46.3. The molecule has 0 spiro atoms. The minimum atomic E-state index is -4.53. The van der Waals surface area contributed by atoms with E-state index in [1.54, 1.807) is 0 Å². The number of hydrogen-bond donors (Lipinski definition) is 0. The first-order valence-corrected chi connectivity index (χ1v) is 28.2. The number of quaternary nitrogens is 1. The molecule has 2 atom stereocenters. The van der Waals surface area contributed by atoms with Crippen molar-refractivity contribution in [2.45, 2.75) is 251 Å². The van der Waals surface area contributed by atoms with E-state index in [1.165, 1.54) is 167 Å². The molecule has 0 bridgehead atoms. The van der Waals surface area contributed by atoms with Gasteiger partial charge in [-0.3, -0.25) is 9.36 Å². The largest absolute Gasteiger partial charge is 0.756 e. The highest BCUT2D eigenvalue weighted by molar-refractivity contribution is 7.45. The van der Waals surface area contributed by atoms with Crippen LogP contribution in [0.15, 0.2) is 36.5 Å². The molecular weight excluding hydrogens is 806 g/mol. The van der Waals surface area contributed by atoms with Gasteiger partial charge in [0, 0.05) is 13.0 Å². The number of rotatable bonds is 50. The third kappa shape index (κ3) is 51.6. The summed E-state index contributed by atoms with van der Waals surface area (Å²) in [7, 11) is 1.36. The summed E-state index contributed by atoms with van der Waals surface area (Å²) in [5.74, 6) is -0.342. The van der Waals surface area contributed by atoms with Gasteiger partial charge in [0.05, 0.1) is 34.4 Å². The normalized spacial score (nSPS) is 13.8. The molecule has 0 aromatic heterocycles. The van der Waals surface area contributed by atoms with Crippen LogP contribution in [0.4, 0.5) is 0 Å². The average Bonchev–Trinajstić information content (AvgIpc) is 3.24. The molecule has 0 aliphatic rings. The SMILES string of the molecule is CCCCC/C=C\C/C=C\C/C=C\CCCCCCCCC(=O)OC(COCCCCCCCCCCCCCCCCCCCCCCCC)COP(=O)([O-])OCC[N+](C)(C)C. The van der Waals surface area contributed by atoms with E-state index in [2.05, 4.69) is 50.3 Å². The average molecular weight is 910 g/mol. The van der Waals surface area contributed by atoms with Crippen molar-refractivity contribution in [1.29, 1.82) is 0 Å². The van der Waals surface area contributed by atoms with E-state index in [4.69, 9.17) is 18.5 Å². The third-order valence-electron chi connectivity index (χ3n) is 11.7. The number of carbonyl (C=O) groups is 1. The lowest BCUT2D eigenvalue weighted by Gasteiger charge is -2.28. The molecular formula is C54H104NO7P. The molecule has 0 rings (SSSR count). The highest BCUT2D eigenvalue weighted by atomic mass is 31.2. The lowest BCUT2D eigenvalue weighted by molar-refractivity contribution is -0.870. The Bertz CT molecular complexity index is 1100. The molecule has 9 heteroatoms. The summed E-state index contributed by atoms with van der Waals surface area (Å²) >= 11 is 0. The van der Waals surface area contributed by atoms with Gasteiger partial charge in [-0.25, -0.2) is 0 Å². The van der Waals surface area contributed by atoms with Crippen LogP contribution in [-0.4, -0.2) is 70.7 Å². The Hall–Kier alpha value is -1.28. The molecule has 0 aromatic rings. The first-order chi connectivity index (χ1) is 30.6. The Balaban J connectivity index is 4.11. The summed E-state index contributed by atoms with van der Waals surface area (Å²) in [5.41, 5.74) is 0. The van der Waals surface area contributed by atoms with E-state index in [-0.39, 0.29) is 25.8 Å². The monoisotopic (exact) mass is 910 g/mol. The van der Waals surface area contributed by atoms with Crippen molar-refractivity contribution in [3.63, 3.8) is 0 Å². The standard InChI is InChI=1S/C54H104NO7P/c1-6-8-10-12-14-16-18-20-22-24-26-27-28-30-32-34-36-38-40-42-44-46-49-59-51-53(52-61-63(57,58)60-50-48-55(3,4)5)62-54(56)47-45-43-41-39-37-35-33-31-29-25-23-21-19-17-15-13-11-9-7-2/h15,17,21,23,29,31,53H,6-14,16,18-20,22,24-28,30,32-52H2,1-5H3/b17-15-,23-21-,31-29-. The van der Waals surface area contributed by atoms with Crippen LogP contribution in [0.2, 0.25) is 0 Å². The highest BCUT2D eigenvalue weighted by Gasteiger charge is 2.20. The second-order valence-corrected chi connectivity index (χ2v) is 20.7. The maximum atomic E-state index is 12.7. The van der Waals surface area contributed by atoms with Crippen LogP contribution in [0.1, 0.15) is 245 Å². The zero-order valence-corrected chi connectivity index (χ0v) is 43.2. The Morgan fingerprint density at radius 1 is 0.492 bits per heavy atom. The number of likely N-dealkylation sites (N-methyl/N-ethyl adjacent to an activating group) is 1. The smallest absolute Gasteiger partial charge is 0.306 e. The summed E-state index contributed by atoms with van der Waals surface area (Å²) < 4.78 is 34.8. The number of phosphoric acid groups is 1. The fourth-order valence-electron chi connectivity index (χ4n) is 7.56. The lowest BCUT2D eigenvalue weighted by Crippen LogP contribution is -2.37. The van der Waals surface area contributed by atoms with Crippen molar-refractivity contribution in [1.82, 2.24) is 0 Å². The fraction of sp³-hybridized carbons (Fsp3) is 0.870. The van der Waals surface area contributed by atoms with Gasteiger partial charge in [-0.05, 0) is 51.4 Å². The Morgan fingerprint density at radius 3 is 1.33 bits per heavy atom. The van der Waals surface area contributed by atoms with Crippen LogP contribution in [-0.2, 0) is 27.9 Å². The number of allylic oxidation sites excluding steroid dienone is 6. The molecule has 0 radical (unpaired) electrons. The number of phosphoric ester groups is 1. The van der Waals surface area contributed by atoms with Crippen LogP contribution in [0, 0.1) is 0 Å². The molecule has 0 N–H and O–H groups in total. The first-order valence-electron chi connectivity index (χ1n) is 26.7. The van der Waals surface area contributed by atoms with Gasteiger partial charge in [0.15, 0.2) is 0 Å². The molecule has 0 saturated heterocycles. The third-order valence-corrected chi connectivity index (χ3v) is 12.7. The van der Waals surface area contributed by atoms with Crippen LogP contribution >= 0.6 is 7.82 Å². The molecule has 0 amide bonds. The summed E-state index contributed by atoms with van der Waals surface area (Å²) in [6.07, 6.45) is 57.4. The van der Waals surface area contributed by atoms with Crippen LogP contribution in [0.25, 0.3) is 0 Å². The molecule has 0 heterocycles. The van der Waals surface area contributed by atoms with E-state index in [1.807, 2.05) is 21.1 Å². The van der Waals surface area contributed by atoms with E-state index in [0.717, 1.165) is 57.8 Å². The van der Waals surface area contributed by atoms with Gasteiger partial charge in [-0.15, -0.1) is 0 Å². The Labute approximate surface area is 391 Å². The van der Waals surface area contributed by atoms with Crippen molar-refractivity contribution >= 4 is 13.8 Å². The van der Waals surface area contributed by atoms with Crippen LogP contribution in [0.5, 0.6) is 0 Å². The van der Waals surface area contributed by atoms with E-state index in [9.17, 15) is 14.3 Å². The number of nitrogens with zero attached hydrogens (tertiary/aromatic N) is 1. The van der Waals surface area contributed by atoms with Gasteiger partial charge in [-0.2, -0.15) is 0 Å². The second kappa shape index (κ2) is 47.2. The summed E-state index contributed by atoms with van der Waals surface area (Å²) in [6.45, 7) is 5.41. The number of esters is 1. The summed E-state index contributed by atoms with van der Waals surface area (Å²) in [5, 5.41) is 0. The molecule has 8 nitrogen and oxygen atoms in total. The van der Waals surface area contributed by atoms with Gasteiger partial charge in [0.2, 0.25) is 0 Å². The lowest BCUT2D eigenvalue weighted by atomic mass is 10.0. The van der Waals surface area contributed by atoms with Gasteiger partial charge >= 0.3 is 5.97 Å². The van der Waals surface area contributed by atoms with Crippen molar-refractivity contribution in [2.24, 2.45) is 0 Å². The van der Waals surface area contributed by atoms with Crippen LogP contribution < -0.4 is 4.89 Å². The fourth-order valence-corrected chi connectivity index (χ4v) is 8.28. The van der Waals surface area contributed by atoms with Crippen LogP contribution in [0.3, 0.4) is 0 Å². The highest BCUT2D eigenvalue weighted by Crippen LogP contribution is 2.38. The molecule has 0 aromatic carbocycles. The maximum Gasteiger partial charge on any atom is 0.306 e. The van der Waals surface area contributed by atoms with Gasteiger partial charge in [-0.1, -0.05) is 224 Å². The van der Waals surface area contributed by atoms with Crippen molar-refractivity contribution in [3.05, 3.63) is 36.5 Å². The van der Waals surface area contributed by atoms with Gasteiger partial charge in [0.25, 0.3) is 7.82 Å². The van der Waals surface area contributed by atoms with Crippen molar-refractivity contribution < 1.29 is 37.3 Å². The number of carbonyl (C=O) groups excluding carboxylic acids is 1. The van der Waals surface area contributed by atoms with E-state index < -0.39 is 13.9 Å². The zero-order chi connectivity index (χ0) is 46.2. The summed E-state index contributed by atoms with van der Waals surface area (Å²) in [4.78, 5) is 25.2. The topological polar surface area (TPSA) is 94.1 Å². The van der Waals surface area contributed by atoms with Crippen molar-refractivity contribution in [2.75, 3.05) is 54.1 Å². The van der Waals surface area contributed by atoms with Gasteiger partial charge < -0.3 is 27.9 Å². The molecule has 0 fully saturated rings. The second-order valence-electron chi connectivity index (χ2n) is 19.2. The first kappa shape index (κ1) is 61.7. The molecule has 2 unspecified atom stereocenters. The molecule has 372 valence electrons. The molecule has 63 heavy (non-hydrogen) atoms. The molecule has 0 saturated carbocycles. The van der Waals surface area contributed by atoms with E-state index >= 15 is 0 Å². The number of ether oxygens (including phenoxy) is 2. The van der Waals surface area contributed by atoms with Gasteiger partial charge in [0.1, 0.15) is 19.3 Å². The Morgan fingerprint density at radius 2 is 0.873 bits per heavy atom. The predicted octanol–water partition coefficient (Wildman–Crippen LogP) is 15.9. The number of hydrogen-bond acceptors (Lipinski definition) is 7. The van der Waals surface area contributed by atoms with E-state index in [0.29, 0.717) is 24.1 Å². The maximum absolute atomic E-state index is 12.7. The van der Waals surface area contributed by atoms with Crippen molar-refractivity contribution in [3.8, 4) is 0 Å². The predicted molar refractivity (Wildman–Crippen MR) is 268 cm³/mol. The quantitative estimate of drug-likeness (QED) is 0.0197. The minimum absolute atomic E-state index is 0.0244. The zero-order valence-electron chi connectivity index (χ0n) is 42.3. The molecule has 0 aliphatic heterocycles. The number of unbranched alkanes of at least 4 members (excludes halogenated alkanes) is 30. The summed E-state index contributed by atoms with van der Waals surface area (Å²) in [6, 6.07) is 0. The minimum Gasteiger partial charge on any atom is -0.756 e. The molecule has 0 aliphatic carbocycles.